The molecule has 29 heavy (non-hydrogen) atoms. The molecule has 0 spiro atoms. The van der Waals surface area contributed by atoms with E-state index in [0.717, 1.165) is 48.3 Å². The lowest BCUT2D eigenvalue weighted by atomic mass is 9.88. The van der Waals surface area contributed by atoms with Crippen molar-refractivity contribution in [3.63, 3.8) is 0 Å². The minimum Gasteiger partial charge on any atom is -0.399 e. The number of nitrogens with two attached hydrogens (primary N) is 1. The van der Waals surface area contributed by atoms with E-state index in [4.69, 9.17) is 10.6 Å². The molecule has 0 saturated carbocycles. The van der Waals surface area contributed by atoms with E-state index in [-0.39, 0.29) is 5.91 Å². The van der Waals surface area contributed by atoms with Crippen LogP contribution in [0.4, 0.5) is 5.69 Å². The highest BCUT2D eigenvalue weighted by atomic mass is 16.7. The second-order valence-corrected chi connectivity index (χ2v) is 7.27. The van der Waals surface area contributed by atoms with E-state index >= 15 is 0 Å². The maximum absolute atomic E-state index is 12.7. The van der Waals surface area contributed by atoms with Crippen LogP contribution in [0, 0.1) is 0 Å². The number of nitrogens with zero attached hydrogens (tertiary/aromatic N) is 2. The highest BCUT2D eigenvalue weighted by molar-refractivity contribution is 5.95. The lowest BCUT2D eigenvalue weighted by Crippen LogP contribution is -2.30. The van der Waals surface area contributed by atoms with Crippen molar-refractivity contribution in [3.05, 3.63) is 70.8 Å². The van der Waals surface area contributed by atoms with Gasteiger partial charge in [0.1, 0.15) is 0 Å². The number of carbonyl (C=O) groups excluding carboxylic acids is 1. The Kier molecular flexibility index (Phi) is 7.07. The smallest absolute Gasteiger partial charge is 0.253 e. The molecule has 0 bridgehead atoms. The third-order valence-electron chi connectivity index (χ3n) is 5.58. The number of benzene rings is 2. The Morgan fingerprint density at radius 1 is 1.00 bits per heavy atom. The molecule has 0 aromatic heterocycles. The van der Waals surface area contributed by atoms with Crippen LogP contribution in [-0.4, -0.2) is 49.2 Å². The largest absolute Gasteiger partial charge is 0.399 e. The maximum Gasteiger partial charge on any atom is 0.253 e. The Morgan fingerprint density at radius 3 is 2.17 bits per heavy atom. The fourth-order valence-corrected chi connectivity index (χ4v) is 3.93. The van der Waals surface area contributed by atoms with Gasteiger partial charge in [0.15, 0.2) is 0 Å². The van der Waals surface area contributed by atoms with Gasteiger partial charge >= 0.3 is 0 Å². The van der Waals surface area contributed by atoms with Gasteiger partial charge in [0.25, 0.3) is 5.91 Å². The van der Waals surface area contributed by atoms with E-state index in [2.05, 4.69) is 18.2 Å². The first-order valence-electron chi connectivity index (χ1n) is 10.3. The summed E-state index contributed by atoms with van der Waals surface area (Å²) >= 11 is 0. The van der Waals surface area contributed by atoms with Gasteiger partial charge in [-0.3, -0.25) is 4.79 Å². The van der Waals surface area contributed by atoms with Crippen molar-refractivity contribution in [1.82, 2.24) is 9.96 Å². The van der Waals surface area contributed by atoms with Crippen molar-refractivity contribution >= 4 is 17.2 Å². The fraction of sp³-hybridized carbons (Fsp3) is 0.375. The molecule has 1 amide bonds. The van der Waals surface area contributed by atoms with Gasteiger partial charge < -0.3 is 15.5 Å². The van der Waals surface area contributed by atoms with Gasteiger partial charge in [-0.2, -0.15) is 5.06 Å². The Morgan fingerprint density at radius 2 is 1.62 bits per heavy atom. The van der Waals surface area contributed by atoms with Crippen molar-refractivity contribution in [2.45, 2.75) is 26.7 Å². The molecule has 1 aliphatic rings. The second kappa shape index (κ2) is 9.72. The molecule has 3 rings (SSSR count). The van der Waals surface area contributed by atoms with Gasteiger partial charge in [0.2, 0.25) is 0 Å². The van der Waals surface area contributed by atoms with Crippen LogP contribution in [0.15, 0.2) is 54.1 Å². The first-order valence-corrected chi connectivity index (χ1v) is 10.3. The van der Waals surface area contributed by atoms with Gasteiger partial charge in [-0.1, -0.05) is 29.8 Å². The van der Waals surface area contributed by atoms with Crippen molar-refractivity contribution in [3.8, 4) is 0 Å². The van der Waals surface area contributed by atoms with Crippen molar-refractivity contribution in [2.75, 3.05) is 39.0 Å². The number of rotatable bonds is 6. The molecule has 1 saturated heterocycles. The average molecular weight is 394 g/mol. The van der Waals surface area contributed by atoms with E-state index in [0.29, 0.717) is 13.1 Å². The summed E-state index contributed by atoms with van der Waals surface area (Å²) in [7, 11) is 1.72. The molecule has 1 heterocycles. The predicted octanol–water partition coefficient (Wildman–Crippen LogP) is 4.21. The zero-order valence-corrected chi connectivity index (χ0v) is 17.6. The number of hydroxylamine groups is 2. The molecule has 1 fully saturated rings. The van der Waals surface area contributed by atoms with Crippen LogP contribution in [0.25, 0.3) is 5.57 Å². The summed E-state index contributed by atoms with van der Waals surface area (Å²) in [5, 5.41) is 1.99. The second-order valence-electron chi connectivity index (χ2n) is 7.27. The molecule has 5 heteroatoms. The molecule has 1 aliphatic heterocycles. The molecule has 0 atom stereocenters. The molecular formula is C24H31N3O2. The third kappa shape index (κ3) is 4.86. The Bertz CT molecular complexity index is 860. The first-order chi connectivity index (χ1) is 14.1. The molecule has 0 aliphatic carbocycles. The van der Waals surface area contributed by atoms with Crippen LogP contribution >= 0.6 is 0 Å². The van der Waals surface area contributed by atoms with Crippen LogP contribution < -0.4 is 5.73 Å². The normalized spacial score (nSPS) is 14.7. The highest BCUT2D eigenvalue weighted by Crippen LogP contribution is 2.33. The van der Waals surface area contributed by atoms with Gasteiger partial charge in [-0.25, -0.2) is 0 Å². The van der Waals surface area contributed by atoms with Gasteiger partial charge in [-0.15, -0.1) is 0 Å². The standard InChI is InChI=1S/C24H31N3O2/c1-4-26(5-2)24(28)20-11-9-18(10-12-20)23(21-7-6-8-22(25)17-21)19-13-15-27(29-3)16-14-19/h6-12,17H,4-5,13-16,25H2,1-3H3. The van der Waals surface area contributed by atoms with Crippen molar-refractivity contribution < 1.29 is 9.63 Å². The van der Waals surface area contributed by atoms with E-state index < -0.39 is 0 Å². The molecule has 2 aromatic carbocycles. The monoisotopic (exact) mass is 393 g/mol. The number of nitrogen functional groups attached to an aromatic ring is 1. The van der Waals surface area contributed by atoms with Crippen LogP contribution in [0.1, 0.15) is 48.2 Å². The predicted molar refractivity (Wildman–Crippen MR) is 118 cm³/mol. The molecule has 154 valence electrons. The number of hydrogen-bond donors (Lipinski definition) is 1. The summed E-state index contributed by atoms with van der Waals surface area (Å²) in [6.07, 6.45) is 1.89. The third-order valence-corrected chi connectivity index (χ3v) is 5.58. The highest BCUT2D eigenvalue weighted by Gasteiger charge is 2.20. The van der Waals surface area contributed by atoms with Crippen LogP contribution in [0.5, 0.6) is 0 Å². The number of carbonyl (C=O) groups is 1. The molecule has 2 aromatic rings. The van der Waals surface area contributed by atoms with E-state index in [1.807, 2.05) is 54.1 Å². The summed E-state index contributed by atoms with van der Waals surface area (Å²) in [4.78, 5) is 19.9. The summed E-state index contributed by atoms with van der Waals surface area (Å²) in [6.45, 7) is 7.18. The van der Waals surface area contributed by atoms with E-state index in [9.17, 15) is 4.79 Å². The topological polar surface area (TPSA) is 58.8 Å². The summed E-state index contributed by atoms with van der Waals surface area (Å²) in [6, 6.07) is 16.0. The number of hydrogen-bond acceptors (Lipinski definition) is 4. The minimum atomic E-state index is 0.0770. The van der Waals surface area contributed by atoms with Crippen molar-refractivity contribution in [2.24, 2.45) is 0 Å². The molecule has 0 radical (unpaired) electrons. The summed E-state index contributed by atoms with van der Waals surface area (Å²) < 4.78 is 0. The average Bonchev–Trinajstić information content (AvgIpc) is 2.76. The van der Waals surface area contributed by atoms with Gasteiger partial charge in [0, 0.05) is 37.4 Å². The maximum atomic E-state index is 12.7. The Balaban J connectivity index is 1.98. The van der Waals surface area contributed by atoms with Crippen LogP contribution in [0.2, 0.25) is 0 Å². The Labute approximate surface area is 173 Å². The fourth-order valence-electron chi connectivity index (χ4n) is 3.93. The molecule has 5 nitrogen and oxygen atoms in total. The van der Waals surface area contributed by atoms with Crippen molar-refractivity contribution in [1.29, 1.82) is 0 Å². The number of amides is 1. The molecule has 0 unspecified atom stereocenters. The van der Waals surface area contributed by atoms with Crippen LogP contribution in [-0.2, 0) is 4.84 Å². The number of piperidine rings is 1. The zero-order chi connectivity index (χ0) is 20.8. The molecule has 2 N–H and O–H groups in total. The lowest BCUT2D eigenvalue weighted by Gasteiger charge is -2.28. The summed E-state index contributed by atoms with van der Waals surface area (Å²) in [5.41, 5.74) is 12.4. The quantitative estimate of drug-likeness (QED) is 0.747. The van der Waals surface area contributed by atoms with E-state index in [1.54, 1.807) is 7.11 Å². The van der Waals surface area contributed by atoms with Gasteiger partial charge in [0.05, 0.1) is 7.11 Å². The van der Waals surface area contributed by atoms with E-state index in [1.165, 1.54) is 11.1 Å². The van der Waals surface area contributed by atoms with Crippen LogP contribution in [0.3, 0.4) is 0 Å². The Hall–Kier alpha value is -2.63. The first kappa shape index (κ1) is 21.1. The lowest BCUT2D eigenvalue weighted by molar-refractivity contribution is -0.135. The SMILES string of the molecule is CCN(CC)C(=O)c1ccc(C(=C2CCN(OC)CC2)c2cccc(N)c2)cc1. The molecular weight excluding hydrogens is 362 g/mol. The number of anilines is 1. The van der Waals surface area contributed by atoms with Gasteiger partial charge in [-0.05, 0) is 67.7 Å². The zero-order valence-electron chi connectivity index (χ0n) is 17.6. The minimum absolute atomic E-state index is 0.0770. The summed E-state index contributed by atoms with van der Waals surface area (Å²) in [5.74, 6) is 0.0770.